The van der Waals surface area contributed by atoms with Gasteiger partial charge in [0.1, 0.15) is 0 Å². The molecule has 0 bridgehead atoms. The van der Waals surface area contributed by atoms with Crippen LogP contribution in [0.5, 0.6) is 11.5 Å². The molecule has 6 heteroatoms. The van der Waals surface area contributed by atoms with Gasteiger partial charge in [-0.1, -0.05) is 218 Å². The molecule has 80 heavy (non-hydrogen) atoms. The van der Waals surface area contributed by atoms with Crippen LogP contribution in [0.3, 0.4) is 0 Å². The molecule has 0 N–H and O–H groups in total. The molecule has 14 rings (SSSR count). The normalized spacial score (nSPS) is 14.2. The second-order valence-electron chi connectivity index (χ2n) is 23.4. The smallest absolute Gasteiger partial charge is 0.0752 e. The minimum atomic E-state index is -0.222. The van der Waals surface area contributed by atoms with Crippen LogP contribution in [0, 0.1) is 18.8 Å². The van der Waals surface area contributed by atoms with E-state index in [2.05, 4.69) is 306 Å². The summed E-state index contributed by atoms with van der Waals surface area (Å²) in [6.45, 7) is 18.5. The van der Waals surface area contributed by atoms with Crippen molar-refractivity contribution in [3.63, 3.8) is 0 Å². The van der Waals surface area contributed by atoms with Gasteiger partial charge in [0, 0.05) is 71.7 Å². The van der Waals surface area contributed by atoms with Crippen LogP contribution in [-0.4, -0.2) is 9.61 Å². The number of hydrogen-bond acceptors (Lipinski definition) is 4. The van der Waals surface area contributed by atoms with Gasteiger partial charge in [0.15, 0.2) is 0 Å². The number of aromatic nitrogens is 2. The third-order valence-electron chi connectivity index (χ3n) is 17.2. The average Bonchev–Trinajstić information content (AvgIpc) is 4.02. The fourth-order valence-electron chi connectivity index (χ4n) is 12.2. The fourth-order valence-corrected chi connectivity index (χ4v) is 12.2. The Morgan fingerprint density at radius 2 is 0.988 bits per heavy atom. The number of ether oxygens (including phenoxy) is 1. The molecule has 0 unspecified atom stereocenters. The van der Waals surface area contributed by atoms with Crippen molar-refractivity contribution in [2.45, 2.75) is 64.7 Å². The van der Waals surface area contributed by atoms with Crippen LogP contribution in [0.4, 0.5) is 22.7 Å². The summed E-state index contributed by atoms with van der Waals surface area (Å²) in [5.74, 6) is 1.20. The zero-order valence-electron chi connectivity index (χ0n) is 46.0. The Hall–Kier alpha value is -8.50. The molecule has 1 aliphatic carbocycles. The molecule has 0 radical (unpaired) electrons. The Balaban J connectivity index is 0.00000605. The van der Waals surface area contributed by atoms with Crippen molar-refractivity contribution >= 4 is 49.9 Å². The average molecular weight is 1220 g/mol. The predicted octanol–water partition coefficient (Wildman–Crippen LogP) is 19.6. The maximum atomic E-state index is 7.04. The molecule has 3 heterocycles. The summed E-state index contributed by atoms with van der Waals surface area (Å²) in [6.07, 6.45) is 2.08. The predicted molar refractivity (Wildman–Crippen MR) is 328 cm³/mol. The Labute approximate surface area is 484 Å². The van der Waals surface area contributed by atoms with Crippen LogP contribution in [0.15, 0.2) is 225 Å². The molecule has 0 amide bonds. The van der Waals surface area contributed by atoms with Crippen molar-refractivity contribution in [3.8, 4) is 67.1 Å². The van der Waals surface area contributed by atoms with E-state index in [-0.39, 0.29) is 37.3 Å². The van der Waals surface area contributed by atoms with Crippen molar-refractivity contribution in [1.82, 2.24) is 9.61 Å². The molecule has 0 spiro atoms. The monoisotopic (exact) mass is 1210 g/mol. The zero-order valence-corrected chi connectivity index (χ0v) is 48.2. The fraction of sp³-hybridized carbons (Fsp3) is 0.135. The summed E-state index contributed by atoms with van der Waals surface area (Å²) in [4.78, 5) is 4.65. The number of anilines is 4. The Morgan fingerprint density at radius 1 is 0.463 bits per heavy atom. The van der Waals surface area contributed by atoms with Crippen LogP contribution < -0.4 is 14.5 Å². The van der Waals surface area contributed by atoms with E-state index in [0.717, 1.165) is 67.0 Å². The van der Waals surface area contributed by atoms with Gasteiger partial charge in [-0.15, -0.1) is 53.6 Å². The number of hydrogen-bond donors (Lipinski definition) is 0. The first kappa shape index (κ1) is 51.0. The van der Waals surface area contributed by atoms with Crippen LogP contribution in [-0.2, 0) is 37.3 Å². The number of nitrogens with zero attached hydrogens (tertiary/aromatic N) is 4. The first-order chi connectivity index (χ1) is 38.3. The SMILES string of the molecule is CC(C)(C)c1cc(Oc2[c-]c3c(cc2)c2cc(-c4ccccc4)cc4c2c2c(cnn32)C(C)(C)C4(C)C)[c-]c(N2[CH-]N(c3c(-c4cccc(-c5ccccc5)c4)cccc3-c3cccc(-c4ccccc4)c3)c3ccccc32)c1.[Pt]. The van der Waals surface area contributed by atoms with Crippen LogP contribution >= 0.6 is 0 Å². The van der Waals surface area contributed by atoms with Gasteiger partial charge >= 0.3 is 0 Å². The standard InChI is InChI=1S/C74H59N4O.Pt/c1-72(2,3)56-42-57(44-59(43-56)79-58-36-37-62-63-40-55(50-26-15-10-16-27-50)41-64-69(63)71-65(74(6,7)73(64,4)5)46-75-78(71)68(62)45-58)76-47-77(67-35-18-17-34-66(67)76)70-60(53-30-19-28-51(38-53)48-22-11-8-12-23-48)32-21-33-61(70)54-31-20-29-52(39-54)49-24-13-9-14-25-49;/h8-43,46-47H,1-7H3;/q-3;. The molecule has 394 valence electrons. The van der Waals surface area contributed by atoms with E-state index in [1.807, 2.05) is 0 Å². The second-order valence-corrected chi connectivity index (χ2v) is 23.4. The molecule has 12 aromatic rings. The molecule has 2 aromatic heterocycles. The van der Waals surface area contributed by atoms with Gasteiger partial charge in [-0.25, -0.2) is 0 Å². The van der Waals surface area contributed by atoms with Crippen molar-refractivity contribution < 1.29 is 25.8 Å². The van der Waals surface area contributed by atoms with E-state index in [0.29, 0.717) is 11.5 Å². The van der Waals surface area contributed by atoms with Crippen molar-refractivity contribution in [2.24, 2.45) is 0 Å². The Bertz CT molecular complexity index is 4260. The minimum Gasteiger partial charge on any atom is -0.509 e. The summed E-state index contributed by atoms with van der Waals surface area (Å²) < 4.78 is 9.14. The molecule has 0 atom stereocenters. The minimum absolute atomic E-state index is 0. The summed E-state index contributed by atoms with van der Waals surface area (Å²) in [5, 5.41) is 8.68. The zero-order chi connectivity index (χ0) is 53.8. The van der Waals surface area contributed by atoms with E-state index in [9.17, 15) is 0 Å². The van der Waals surface area contributed by atoms with E-state index >= 15 is 0 Å². The first-order valence-electron chi connectivity index (χ1n) is 27.4. The molecule has 0 saturated carbocycles. The number of benzene rings is 10. The summed E-state index contributed by atoms with van der Waals surface area (Å²) >= 11 is 0. The van der Waals surface area contributed by atoms with Gasteiger partial charge in [0.05, 0.1) is 11.7 Å². The van der Waals surface area contributed by atoms with Gasteiger partial charge in [-0.3, -0.25) is 4.52 Å². The van der Waals surface area contributed by atoms with Crippen LogP contribution in [0.1, 0.15) is 65.2 Å². The Morgan fingerprint density at radius 3 is 1.59 bits per heavy atom. The second kappa shape index (κ2) is 19.4. The molecule has 2 aliphatic rings. The molecular formula is C74H59N4OPt-3. The van der Waals surface area contributed by atoms with Crippen LogP contribution in [0.25, 0.3) is 82.8 Å². The molecule has 0 fully saturated rings. The van der Waals surface area contributed by atoms with Gasteiger partial charge < -0.3 is 14.5 Å². The van der Waals surface area contributed by atoms with Gasteiger partial charge in [0.25, 0.3) is 0 Å². The van der Waals surface area contributed by atoms with Gasteiger partial charge in [0.2, 0.25) is 0 Å². The molecule has 10 aromatic carbocycles. The van der Waals surface area contributed by atoms with Crippen molar-refractivity contribution in [2.75, 3.05) is 9.80 Å². The maximum absolute atomic E-state index is 7.04. The number of fused-ring (bicyclic) bond motifs is 4. The molecular weight excluding hydrogens is 1160 g/mol. The third-order valence-corrected chi connectivity index (χ3v) is 17.2. The van der Waals surface area contributed by atoms with Gasteiger partial charge in [-0.05, 0) is 102 Å². The third kappa shape index (κ3) is 8.36. The first-order valence-corrected chi connectivity index (χ1v) is 27.4. The quantitative estimate of drug-likeness (QED) is 0.107. The van der Waals surface area contributed by atoms with Crippen LogP contribution in [0.2, 0.25) is 0 Å². The van der Waals surface area contributed by atoms with Gasteiger partial charge in [-0.2, -0.15) is 11.2 Å². The van der Waals surface area contributed by atoms with E-state index in [4.69, 9.17) is 9.84 Å². The van der Waals surface area contributed by atoms with E-state index in [1.54, 1.807) is 0 Å². The number of rotatable bonds is 9. The molecule has 1 aliphatic heterocycles. The molecule has 5 nitrogen and oxygen atoms in total. The molecule has 0 saturated heterocycles. The summed E-state index contributed by atoms with van der Waals surface area (Å²) in [5.41, 5.74) is 20.8. The largest absolute Gasteiger partial charge is 0.509 e. The van der Waals surface area contributed by atoms with Crippen molar-refractivity contribution in [1.29, 1.82) is 0 Å². The summed E-state index contributed by atoms with van der Waals surface area (Å²) in [6, 6.07) is 86.2. The number of para-hydroxylation sites is 3. The van der Waals surface area contributed by atoms with Crippen molar-refractivity contribution in [3.05, 3.63) is 260 Å². The van der Waals surface area contributed by atoms with E-state index < -0.39 is 0 Å². The topological polar surface area (TPSA) is 33.0 Å². The number of pyridine rings is 1. The summed E-state index contributed by atoms with van der Waals surface area (Å²) in [7, 11) is 0. The Kier molecular flexibility index (Phi) is 12.4. The maximum Gasteiger partial charge on any atom is 0.0752 e. The van der Waals surface area contributed by atoms with E-state index in [1.165, 1.54) is 55.3 Å².